The van der Waals surface area contributed by atoms with Crippen LogP contribution in [0.15, 0.2) is 88.7 Å². The van der Waals surface area contributed by atoms with Crippen molar-refractivity contribution in [1.82, 2.24) is 8.96 Å². The van der Waals surface area contributed by atoms with Crippen LogP contribution in [0.1, 0.15) is 33.3 Å². The van der Waals surface area contributed by atoms with Gasteiger partial charge in [-0.25, -0.2) is 13.2 Å². The van der Waals surface area contributed by atoms with Crippen LogP contribution in [-0.2, 0) is 11.0 Å². The molecule has 1 atom stereocenters. The highest BCUT2D eigenvalue weighted by Gasteiger charge is 2.19. The fourth-order valence-electron chi connectivity index (χ4n) is 3.64. The number of nitrogens with zero attached hydrogens (tertiary/aromatic N) is 2. The number of benzene rings is 2. The number of aromatic nitrogens is 2. The van der Waals surface area contributed by atoms with E-state index in [4.69, 9.17) is 9.72 Å². The molecule has 0 fully saturated rings. The average molecular weight is 505 g/mol. The Labute approximate surface area is 214 Å². The minimum absolute atomic E-state index is 0.679. The largest absolute Gasteiger partial charge is 0.496 e. The van der Waals surface area contributed by atoms with E-state index in [2.05, 4.69) is 22.9 Å². The van der Waals surface area contributed by atoms with Gasteiger partial charge in [0.1, 0.15) is 5.75 Å². The van der Waals surface area contributed by atoms with Crippen LogP contribution in [0.3, 0.4) is 0 Å². The van der Waals surface area contributed by atoms with Gasteiger partial charge in [-0.3, -0.25) is 0 Å². The van der Waals surface area contributed by atoms with Crippen molar-refractivity contribution in [2.75, 3.05) is 7.11 Å². The van der Waals surface area contributed by atoms with Gasteiger partial charge in [-0.15, -0.1) is 0 Å². The molecule has 0 aliphatic rings. The fourth-order valence-corrected chi connectivity index (χ4v) is 5.41. The topological polar surface area (TPSA) is 44.1 Å². The van der Waals surface area contributed by atoms with E-state index in [0.29, 0.717) is 5.65 Å². The Morgan fingerprint density at radius 1 is 0.914 bits per heavy atom. The minimum Gasteiger partial charge on any atom is -0.496 e. The monoisotopic (exact) mass is 504 g/mol. The summed E-state index contributed by atoms with van der Waals surface area (Å²) in [6.45, 7) is 10.0. The van der Waals surface area contributed by atoms with E-state index >= 15 is 0 Å². The second kappa shape index (κ2) is 12.5. The SMILES string of the molecule is CC.CC.COc1ccccc1-c1cn(S(=O)c2ccc(C)cc2)c2ncc(-c3ccsc3)cc12. The molecule has 0 spiro atoms. The van der Waals surface area contributed by atoms with E-state index < -0.39 is 11.0 Å². The number of methoxy groups -OCH3 is 1. The maximum Gasteiger partial charge on any atom is 0.158 e. The van der Waals surface area contributed by atoms with Crippen LogP contribution < -0.4 is 4.74 Å². The molecule has 5 aromatic rings. The van der Waals surface area contributed by atoms with E-state index in [1.807, 2.05) is 95.5 Å². The predicted octanol–water partition coefficient (Wildman–Crippen LogP) is 8.37. The summed E-state index contributed by atoms with van der Waals surface area (Å²) < 4.78 is 20.9. The molecule has 0 aliphatic carbocycles. The van der Waals surface area contributed by atoms with Gasteiger partial charge in [-0.2, -0.15) is 11.3 Å². The molecule has 5 rings (SSSR count). The third-order valence-corrected chi connectivity index (χ3v) is 7.26. The van der Waals surface area contributed by atoms with Gasteiger partial charge < -0.3 is 4.74 Å². The number of fused-ring (bicyclic) bond motifs is 1. The summed E-state index contributed by atoms with van der Waals surface area (Å²) >= 11 is 1.65. The van der Waals surface area contributed by atoms with Crippen molar-refractivity contribution in [2.24, 2.45) is 0 Å². The van der Waals surface area contributed by atoms with E-state index in [1.54, 1.807) is 22.4 Å². The normalized spacial score (nSPS) is 11.1. The van der Waals surface area contributed by atoms with E-state index in [-0.39, 0.29) is 0 Å². The van der Waals surface area contributed by atoms with Crippen molar-refractivity contribution in [3.63, 3.8) is 0 Å². The van der Waals surface area contributed by atoms with Crippen molar-refractivity contribution in [1.29, 1.82) is 0 Å². The van der Waals surface area contributed by atoms with Crippen molar-refractivity contribution >= 4 is 33.4 Å². The zero-order valence-electron chi connectivity index (χ0n) is 21.1. The molecule has 2 aromatic carbocycles. The molecule has 1 unspecified atom stereocenters. The molecule has 4 nitrogen and oxygen atoms in total. The van der Waals surface area contributed by atoms with Gasteiger partial charge in [0, 0.05) is 34.5 Å². The van der Waals surface area contributed by atoms with Crippen LogP contribution in [0, 0.1) is 6.92 Å². The summed E-state index contributed by atoms with van der Waals surface area (Å²) in [5, 5.41) is 5.10. The lowest BCUT2D eigenvalue weighted by Crippen LogP contribution is -2.04. The molecule has 0 saturated carbocycles. The lowest BCUT2D eigenvalue weighted by Gasteiger charge is -2.07. The molecular weight excluding hydrogens is 472 g/mol. The highest BCUT2D eigenvalue weighted by molar-refractivity contribution is 7.83. The molecule has 182 valence electrons. The third-order valence-electron chi connectivity index (χ3n) is 5.26. The van der Waals surface area contributed by atoms with Crippen molar-refractivity contribution in [3.05, 3.63) is 89.4 Å². The van der Waals surface area contributed by atoms with Crippen LogP contribution in [0.25, 0.3) is 33.3 Å². The van der Waals surface area contributed by atoms with E-state index in [0.717, 1.165) is 43.8 Å². The van der Waals surface area contributed by atoms with Gasteiger partial charge in [-0.05, 0) is 53.6 Å². The molecule has 35 heavy (non-hydrogen) atoms. The summed E-state index contributed by atoms with van der Waals surface area (Å²) in [6.07, 6.45) is 3.77. The molecule has 0 saturated heterocycles. The highest BCUT2D eigenvalue weighted by atomic mass is 32.2. The quantitative estimate of drug-likeness (QED) is 0.241. The van der Waals surface area contributed by atoms with Crippen LogP contribution in [0.4, 0.5) is 0 Å². The Balaban J connectivity index is 0.000000815. The first-order chi connectivity index (χ1) is 17.2. The first-order valence-corrected chi connectivity index (χ1v) is 13.9. The van der Waals surface area contributed by atoms with Gasteiger partial charge in [0.2, 0.25) is 0 Å². The lowest BCUT2D eigenvalue weighted by atomic mass is 10.0. The Hall–Kier alpha value is -3.22. The summed E-state index contributed by atoms with van der Waals surface area (Å²) in [5.74, 6) is 0.767. The van der Waals surface area contributed by atoms with Gasteiger partial charge in [-0.1, -0.05) is 63.6 Å². The second-order valence-corrected chi connectivity index (χ2v) is 9.38. The zero-order chi connectivity index (χ0) is 25.4. The number of hydrogen-bond acceptors (Lipinski definition) is 4. The maximum atomic E-state index is 13.5. The van der Waals surface area contributed by atoms with Crippen LogP contribution in [-0.4, -0.2) is 20.3 Å². The van der Waals surface area contributed by atoms with Gasteiger partial charge in [0.25, 0.3) is 0 Å². The van der Waals surface area contributed by atoms with Gasteiger partial charge in [0.15, 0.2) is 16.6 Å². The second-order valence-electron chi connectivity index (χ2n) is 7.24. The van der Waals surface area contributed by atoms with E-state index in [1.165, 1.54) is 0 Å². The summed E-state index contributed by atoms with van der Waals surface area (Å²) in [4.78, 5) is 5.47. The number of para-hydroxylation sites is 1. The highest BCUT2D eigenvalue weighted by Crippen LogP contribution is 2.38. The van der Waals surface area contributed by atoms with Gasteiger partial charge >= 0.3 is 0 Å². The number of hydrogen-bond donors (Lipinski definition) is 0. The van der Waals surface area contributed by atoms with Crippen molar-refractivity contribution in [2.45, 2.75) is 39.5 Å². The fraction of sp³-hybridized carbons (Fsp3) is 0.207. The molecule has 0 bridgehead atoms. The average Bonchev–Trinajstić information content (AvgIpc) is 3.59. The predicted molar refractivity (Wildman–Crippen MR) is 151 cm³/mol. The number of aryl methyl sites for hydroxylation is 1. The molecule has 0 radical (unpaired) electrons. The van der Waals surface area contributed by atoms with Crippen molar-refractivity contribution in [3.8, 4) is 28.0 Å². The van der Waals surface area contributed by atoms with Crippen LogP contribution in [0.5, 0.6) is 5.75 Å². The molecule has 3 heterocycles. The number of thiophene rings is 1. The smallest absolute Gasteiger partial charge is 0.158 e. The lowest BCUT2D eigenvalue weighted by molar-refractivity contribution is 0.416. The maximum absolute atomic E-state index is 13.5. The molecular formula is C29H32N2O2S2. The van der Waals surface area contributed by atoms with E-state index in [9.17, 15) is 4.21 Å². The Morgan fingerprint density at radius 2 is 1.63 bits per heavy atom. The summed E-state index contributed by atoms with van der Waals surface area (Å²) in [7, 11) is 0.245. The number of rotatable bonds is 5. The van der Waals surface area contributed by atoms with Crippen LogP contribution in [0.2, 0.25) is 0 Å². The standard InChI is InChI=1S/C25H20N2O2S2.2C2H6/c1-17-7-9-20(10-8-17)31(28)27-15-23(21-5-3-4-6-24(21)29-2)22-13-19(14-26-25(22)27)18-11-12-30-16-18;2*1-2/h3-16H,1-2H3;2*1-2H3. The number of pyridine rings is 1. The summed E-state index contributed by atoms with van der Waals surface area (Å²) in [6, 6.07) is 19.8. The zero-order valence-corrected chi connectivity index (χ0v) is 22.7. The molecule has 3 aromatic heterocycles. The molecule has 0 aliphatic heterocycles. The summed E-state index contributed by atoms with van der Waals surface area (Å²) in [5.41, 5.74) is 5.85. The first kappa shape index (κ1) is 26.4. The van der Waals surface area contributed by atoms with Crippen molar-refractivity contribution < 1.29 is 8.95 Å². The molecule has 6 heteroatoms. The Bertz CT molecular complexity index is 1390. The molecule has 0 amide bonds. The Morgan fingerprint density at radius 3 is 2.29 bits per heavy atom. The molecule has 0 N–H and O–H groups in total. The van der Waals surface area contributed by atoms with Gasteiger partial charge in [0.05, 0.1) is 12.0 Å². The third kappa shape index (κ3) is 5.55. The van der Waals surface area contributed by atoms with Crippen LogP contribution >= 0.6 is 11.3 Å². The first-order valence-electron chi connectivity index (χ1n) is 11.8. The Kier molecular flexibility index (Phi) is 9.40. The number of ether oxygens (including phenoxy) is 1. The minimum atomic E-state index is -1.42.